The van der Waals surface area contributed by atoms with Crippen molar-refractivity contribution in [2.24, 2.45) is 0 Å². The summed E-state index contributed by atoms with van der Waals surface area (Å²) >= 11 is 0. The highest BCUT2D eigenvalue weighted by Crippen LogP contribution is 2.33. The summed E-state index contributed by atoms with van der Waals surface area (Å²) in [5.74, 6) is -5.06. The summed E-state index contributed by atoms with van der Waals surface area (Å²) in [7, 11) is 0. The van der Waals surface area contributed by atoms with Crippen LogP contribution in [0.15, 0.2) is 37.7 Å². The van der Waals surface area contributed by atoms with Gasteiger partial charge < -0.3 is 29.5 Å². The van der Waals surface area contributed by atoms with Crippen molar-refractivity contribution in [3.05, 3.63) is 37.7 Å². The molecule has 0 aromatic heterocycles. The first-order valence-electron chi connectivity index (χ1n) is 4.05. The minimum Gasteiger partial charge on any atom is -0.462 e. The average molecular weight is 216 g/mol. The molecular formula is C9H12O6. The average Bonchev–Trinajstić information content (AvgIpc) is 2.88. The van der Waals surface area contributed by atoms with E-state index in [2.05, 4.69) is 27.4 Å². The van der Waals surface area contributed by atoms with E-state index in [0.717, 1.165) is 12.5 Å². The SMILES string of the molecule is C=COC(O)(OC=C)C(O)(O)CC1=CO1. The summed E-state index contributed by atoms with van der Waals surface area (Å²) < 4.78 is 13.6. The Kier molecular flexibility index (Phi) is 3.04. The third-order valence-corrected chi connectivity index (χ3v) is 1.70. The molecular weight excluding hydrogens is 204 g/mol. The van der Waals surface area contributed by atoms with Gasteiger partial charge in [0.2, 0.25) is 0 Å². The summed E-state index contributed by atoms with van der Waals surface area (Å²) in [4.78, 5) is 0. The van der Waals surface area contributed by atoms with Crippen molar-refractivity contribution >= 4 is 0 Å². The molecule has 0 aromatic rings. The lowest BCUT2D eigenvalue weighted by molar-refractivity contribution is -0.445. The molecule has 1 heterocycles. The third-order valence-electron chi connectivity index (χ3n) is 1.70. The molecule has 0 atom stereocenters. The normalized spacial score (nSPS) is 14.7. The molecule has 0 amide bonds. The van der Waals surface area contributed by atoms with Crippen LogP contribution in [-0.2, 0) is 14.2 Å². The largest absolute Gasteiger partial charge is 0.462 e. The molecule has 3 N–H and O–H groups in total. The van der Waals surface area contributed by atoms with E-state index < -0.39 is 11.8 Å². The van der Waals surface area contributed by atoms with E-state index in [1.54, 1.807) is 0 Å². The second kappa shape index (κ2) is 3.93. The van der Waals surface area contributed by atoms with E-state index in [4.69, 9.17) is 0 Å². The highest BCUT2D eigenvalue weighted by Gasteiger charge is 2.55. The Morgan fingerprint density at radius 2 is 1.73 bits per heavy atom. The molecule has 0 aromatic carbocycles. The van der Waals surface area contributed by atoms with Gasteiger partial charge in [-0.15, -0.1) is 0 Å². The van der Waals surface area contributed by atoms with Crippen LogP contribution in [0.4, 0.5) is 0 Å². The number of hydrogen-bond donors (Lipinski definition) is 3. The molecule has 1 aliphatic rings. The molecule has 6 heteroatoms. The van der Waals surface area contributed by atoms with E-state index in [0.29, 0.717) is 5.76 Å². The van der Waals surface area contributed by atoms with Gasteiger partial charge in [0.05, 0.1) is 18.9 Å². The van der Waals surface area contributed by atoms with Gasteiger partial charge in [0.1, 0.15) is 12.0 Å². The highest BCUT2D eigenvalue weighted by atomic mass is 16.8. The summed E-state index contributed by atoms with van der Waals surface area (Å²) in [6, 6.07) is 0. The van der Waals surface area contributed by atoms with Gasteiger partial charge in [-0.05, 0) is 0 Å². The molecule has 84 valence electrons. The van der Waals surface area contributed by atoms with Gasteiger partial charge in [0.15, 0.2) is 0 Å². The number of rotatable bonds is 7. The fourth-order valence-electron chi connectivity index (χ4n) is 0.922. The molecule has 0 aliphatic carbocycles. The van der Waals surface area contributed by atoms with Crippen molar-refractivity contribution < 1.29 is 29.5 Å². The van der Waals surface area contributed by atoms with E-state index >= 15 is 0 Å². The first-order chi connectivity index (χ1) is 6.95. The lowest BCUT2D eigenvalue weighted by Crippen LogP contribution is -2.56. The van der Waals surface area contributed by atoms with Crippen LogP contribution in [0, 0.1) is 0 Å². The topological polar surface area (TPSA) is 91.7 Å². The van der Waals surface area contributed by atoms with E-state index in [1.807, 2.05) is 0 Å². The molecule has 0 bridgehead atoms. The zero-order chi connectivity index (χ0) is 11.5. The molecule has 0 radical (unpaired) electrons. The molecule has 0 saturated carbocycles. The Morgan fingerprint density at radius 1 is 1.27 bits per heavy atom. The van der Waals surface area contributed by atoms with Crippen LogP contribution in [-0.4, -0.2) is 27.1 Å². The summed E-state index contributed by atoms with van der Waals surface area (Å²) in [5.41, 5.74) is 0. The minimum atomic E-state index is -2.68. The quantitative estimate of drug-likeness (QED) is 0.406. The minimum absolute atomic E-state index is 0.304. The summed E-state index contributed by atoms with van der Waals surface area (Å²) in [6.45, 7) is 6.34. The lowest BCUT2D eigenvalue weighted by atomic mass is 10.1. The predicted molar refractivity (Wildman–Crippen MR) is 48.5 cm³/mol. The maximum Gasteiger partial charge on any atom is 0.426 e. The second-order valence-electron chi connectivity index (χ2n) is 2.85. The van der Waals surface area contributed by atoms with Crippen molar-refractivity contribution in [2.45, 2.75) is 18.2 Å². The van der Waals surface area contributed by atoms with Crippen molar-refractivity contribution in [3.8, 4) is 0 Å². The number of hydrogen-bond acceptors (Lipinski definition) is 6. The second-order valence-corrected chi connectivity index (χ2v) is 2.85. The molecule has 0 fully saturated rings. The van der Waals surface area contributed by atoms with Gasteiger partial charge in [-0.1, -0.05) is 13.2 Å². The molecule has 6 nitrogen and oxygen atoms in total. The van der Waals surface area contributed by atoms with E-state index in [-0.39, 0.29) is 6.42 Å². The molecule has 0 saturated heterocycles. The molecule has 1 aliphatic heterocycles. The van der Waals surface area contributed by atoms with Gasteiger partial charge in [0.25, 0.3) is 5.79 Å². The fraction of sp³-hybridized carbons (Fsp3) is 0.333. The fourth-order valence-corrected chi connectivity index (χ4v) is 0.922. The van der Waals surface area contributed by atoms with Gasteiger partial charge in [0, 0.05) is 0 Å². The Bertz CT molecular complexity index is 283. The van der Waals surface area contributed by atoms with Crippen molar-refractivity contribution in [1.82, 2.24) is 0 Å². The first-order valence-corrected chi connectivity index (χ1v) is 4.05. The van der Waals surface area contributed by atoms with Crippen molar-refractivity contribution in [1.29, 1.82) is 0 Å². The van der Waals surface area contributed by atoms with E-state index in [9.17, 15) is 15.3 Å². The molecule has 1 rings (SSSR count). The third kappa shape index (κ3) is 2.50. The van der Waals surface area contributed by atoms with Crippen LogP contribution >= 0.6 is 0 Å². The predicted octanol–water partition coefficient (Wildman–Crippen LogP) is -0.105. The van der Waals surface area contributed by atoms with E-state index in [1.165, 1.54) is 6.26 Å². The van der Waals surface area contributed by atoms with Crippen LogP contribution in [0.2, 0.25) is 0 Å². The van der Waals surface area contributed by atoms with Crippen molar-refractivity contribution in [2.75, 3.05) is 0 Å². The van der Waals surface area contributed by atoms with Crippen LogP contribution in [0.1, 0.15) is 6.42 Å². The lowest BCUT2D eigenvalue weighted by Gasteiger charge is -2.35. The van der Waals surface area contributed by atoms with Crippen LogP contribution < -0.4 is 0 Å². The molecule has 15 heavy (non-hydrogen) atoms. The smallest absolute Gasteiger partial charge is 0.426 e. The number of aliphatic hydroxyl groups is 3. The highest BCUT2D eigenvalue weighted by molar-refractivity contribution is 5.06. The summed E-state index contributed by atoms with van der Waals surface area (Å²) in [5, 5.41) is 28.7. The first kappa shape index (κ1) is 11.6. The number of ether oxygens (including phenoxy) is 3. The maximum atomic E-state index is 9.65. The van der Waals surface area contributed by atoms with Crippen molar-refractivity contribution in [3.63, 3.8) is 0 Å². The van der Waals surface area contributed by atoms with Gasteiger partial charge in [-0.3, -0.25) is 0 Å². The standard InChI is InChI=1S/C9H12O6/c1-3-14-9(12,15-4-2)8(10,11)5-7-6-13-7/h3-4,6,10-12H,1-2,5H2. The monoisotopic (exact) mass is 216 g/mol. The molecule has 0 unspecified atom stereocenters. The van der Waals surface area contributed by atoms with Crippen LogP contribution in [0.5, 0.6) is 0 Å². The summed E-state index contributed by atoms with van der Waals surface area (Å²) in [6.07, 6.45) is 2.54. The Labute approximate surface area is 86.3 Å². The Balaban J connectivity index is 2.78. The Morgan fingerprint density at radius 3 is 2.07 bits per heavy atom. The zero-order valence-electron chi connectivity index (χ0n) is 7.92. The Hall–Kier alpha value is -1.50. The molecule has 0 spiro atoms. The zero-order valence-corrected chi connectivity index (χ0v) is 7.92. The van der Waals surface area contributed by atoms with Gasteiger partial charge in [-0.25, -0.2) is 0 Å². The van der Waals surface area contributed by atoms with Crippen LogP contribution in [0.3, 0.4) is 0 Å². The maximum absolute atomic E-state index is 9.65. The van der Waals surface area contributed by atoms with Gasteiger partial charge >= 0.3 is 5.97 Å². The van der Waals surface area contributed by atoms with Gasteiger partial charge in [-0.2, -0.15) is 0 Å². The van der Waals surface area contributed by atoms with Crippen LogP contribution in [0.25, 0.3) is 0 Å².